The second-order valence-corrected chi connectivity index (χ2v) is 10.7. The molecule has 39 heavy (non-hydrogen) atoms. The minimum atomic E-state index is -0.524. The second kappa shape index (κ2) is 11.6. The van der Waals surface area contributed by atoms with Crippen molar-refractivity contribution in [3.8, 4) is 11.5 Å². The minimum absolute atomic E-state index is 0.121. The van der Waals surface area contributed by atoms with Gasteiger partial charge in [0.1, 0.15) is 35.3 Å². The quantitative estimate of drug-likeness (QED) is 0.325. The van der Waals surface area contributed by atoms with Gasteiger partial charge in [-0.05, 0) is 55.2 Å². The summed E-state index contributed by atoms with van der Waals surface area (Å²) in [5.41, 5.74) is 1.33. The van der Waals surface area contributed by atoms with Crippen molar-refractivity contribution in [3.63, 3.8) is 0 Å². The average molecular weight is 574 g/mol. The van der Waals surface area contributed by atoms with Crippen LogP contribution in [0.3, 0.4) is 0 Å². The number of fused-ring (bicyclic) bond motifs is 1. The molecular formula is C29H30Cl2FN3O4. The van der Waals surface area contributed by atoms with Crippen LogP contribution in [0.5, 0.6) is 11.5 Å². The second-order valence-electron chi connectivity index (χ2n) is 9.82. The summed E-state index contributed by atoms with van der Waals surface area (Å²) in [7, 11) is 3.28. The fourth-order valence-electron chi connectivity index (χ4n) is 5.21. The van der Waals surface area contributed by atoms with E-state index in [9.17, 15) is 4.79 Å². The standard InChI is InChI=1S/C29H30Cl2FN3O4/c1-37-21-5-3-19(4-6-21)17-35-26(36)10-7-22-25(9-8-24(32)27(22)35)39-18-29(38-2)11-13-34(14-12-29)28-23(31)15-20(30)16-33-28/h3-6,8-9,15-16H,7,10-14,17-18H2,1-2H3. The molecule has 0 aliphatic carbocycles. The number of hydrogen-bond acceptors (Lipinski definition) is 6. The number of pyridine rings is 1. The maximum atomic E-state index is 15.2. The summed E-state index contributed by atoms with van der Waals surface area (Å²) >= 11 is 12.4. The highest BCUT2D eigenvalue weighted by Gasteiger charge is 2.37. The van der Waals surface area contributed by atoms with Crippen molar-refractivity contribution in [3.05, 3.63) is 75.7 Å². The van der Waals surface area contributed by atoms with Crippen LogP contribution in [0, 0.1) is 5.82 Å². The van der Waals surface area contributed by atoms with Gasteiger partial charge >= 0.3 is 0 Å². The van der Waals surface area contributed by atoms with Crippen LogP contribution in [-0.2, 0) is 22.5 Å². The predicted octanol–water partition coefficient (Wildman–Crippen LogP) is 6.08. The first kappa shape index (κ1) is 27.5. The number of aromatic nitrogens is 1. The first-order chi connectivity index (χ1) is 18.8. The summed E-state index contributed by atoms with van der Waals surface area (Å²) in [5, 5.41) is 1.00. The first-order valence-electron chi connectivity index (χ1n) is 12.8. The largest absolute Gasteiger partial charge is 0.497 e. The van der Waals surface area contributed by atoms with Crippen molar-refractivity contribution >= 4 is 40.6 Å². The number of amides is 1. The van der Waals surface area contributed by atoms with Gasteiger partial charge in [0.15, 0.2) is 0 Å². The van der Waals surface area contributed by atoms with E-state index in [1.165, 1.54) is 11.0 Å². The lowest BCUT2D eigenvalue weighted by Crippen LogP contribution is -2.49. The Morgan fingerprint density at radius 3 is 2.46 bits per heavy atom. The summed E-state index contributed by atoms with van der Waals surface area (Å²) < 4.78 is 32.7. The molecule has 0 N–H and O–H groups in total. The highest BCUT2D eigenvalue weighted by atomic mass is 35.5. The molecule has 0 saturated carbocycles. The van der Waals surface area contributed by atoms with E-state index in [0.717, 1.165) is 11.3 Å². The average Bonchev–Trinajstić information content (AvgIpc) is 2.95. The van der Waals surface area contributed by atoms with Gasteiger partial charge in [-0.15, -0.1) is 0 Å². The van der Waals surface area contributed by atoms with E-state index in [4.69, 9.17) is 37.4 Å². The van der Waals surface area contributed by atoms with Crippen LogP contribution in [0.1, 0.15) is 30.4 Å². The zero-order valence-electron chi connectivity index (χ0n) is 21.9. The minimum Gasteiger partial charge on any atom is -0.497 e. The van der Waals surface area contributed by atoms with Crippen molar-refractivity contribution in [1.82, 2.24) is 4.98 Å². The van der Waals surface area contributed by atoms with E-state index in [1.54, 1.807) is 32.5 Å². The lowest BCUT2D eigenvalue weighted by molar-refractivity contribution is -0.119. The van der Waals surface area contributed by atoms with Crippen molar-refractivity contribution in [2.24, 2.45) is 0 Å². The molecule has 3 heterocycles. The van der Waals surface area contributed by atoms with Gasteiger partial charge in [0, 0.05) is 38.4 Å². The molecule has 2 aromatic carbocycles. The van der Waals surface area contributed by atoms with Gasteiger partial charge in [0.05, 0.1) is 29.4 Å². The molecule has 0 atom stereocenters. The molecule has 10 heteroatoms. The normalized spacial score (nSPS) is 16.7. The van der Waals surface area contributed by atoms with Crippen LogP contribution in [0.15, 0.2) is 48.7 Å². The fourth-order valence-corrected chi connectivity index (χ4v) is 5.71. The van der Waals surface area contributed by atoms with Gasteiger partial charge in [0.25, 0.3) is 0 Å². The van der Waals surface area contributed by atoms with E-state index in [2.05, 4.69) is 9.88 Å². The molecule has 7 nitrogen and oxygen atoms in total. The Hall–Kier alpha value is -3.07. The third-order valence-corrected chi connectivity index (χ3v) is 8.02. The fraction of sp³-hybridized carbons (Fsp3) is 0.379. The molecule has 0 unspecified atom stereocenters. The van der Waals surface area contributed by atoms with Crippen molar-refractivity contribution in [2.45, 2.75) is 37.8 Å². The molecule has 1 aromatic heterocycles. The molecule has 3 aromatic rings. The van der Waals surface area contributed by atoms with Crippen molar-refractivity contribution in [1.29, 1.82) is 0 Å². The van der Waals surface area contributed by atoms with Crippen LogP contribution in [0.4, 0.5) is 15.9 Å². The maximum absolute atomic E-state index is 15.2. The Kier molecular flexibility index (Phi) is 8.16. The summed E-state index contributed by atoms with van der Waals surface area (Å²) in [4.78, 5) is 20.9. The molecule has 5 rings (SSSR count). The number of benzene rings is 2. The number of anilines is 2. The Bertz CT molecular complexity index is 1350. The smallest absolute Gasteiger partial charge is 0.227 e. The predicted molar refractivity (Wildman–Crippen MR) is 150 cm³/mol. The zero-order valence-corrected chi connectivity index (χ0v) is 23.4. The van der Waals surface area contributed by atoms with Crippen LogP contribution in [0.2, 0.25) is 10.0 Å². The first-order valence-corrected chi connectivity index (χ1v) is 13.6. The summed E-state index contributed by atoms with van der Waals surface area (Å²) in [6.45, 7) is 1.91. The topological polar surface area (TPSA) is 64.1 Å². The molecule has 2 aliphatic heterocycles. The van der Waals surface area contributed by atoms with Crippen molar-refractivity contribution in [2.75, 3.05) is 43.7 Å². The Balaban J connectivity index is 1.31. The number of ether oxygens (including phenoxy) is 3. The molecule has 0 radical (unpaired) electrons. The number of rotatable bonds is 8. The van der Waals surface area contributed by atoms with Gasteiger partial charge in [0.2, 0.25) is 5.91 Å². The number of carbonyl (C=O) groups is 1. The van der Waals surface area contributed by atoms with E-state index in [1.807, 2.05) is 24.3 Å². The van der Waals surface area contributed by atoms with Gasteiger partial charge in [-0.2, -0.15) is 0 Å². The van der Waals surface area contributed by atoms with Crippen LogP contribution in [0.25, 0.3) is 0 Å². The lowest BCUT2D eigenvalue weighted by atomic mass is 9.91. The monoisotopic (exact) mass is 573 g/mol. The number of piperidine rings is 1. The summed E-state index contributed by atoms with van der Waals surface area (Å²) in [6.07, 6.45) is 3.66. The van der Waals surface area contributed by atoms with Gasteiger partial charge in [-0.1, -0.05) is 35.3 Å². The number of methoxy groups -OCH3 is 2. The van der Waals surface area contributed by atoms with Gasteiger partial charge in [-0.3, -0.25) is 4.79 Å². The molecule has 2 aliphatic rings. The highest BCUT2D eigenvalue weighted by molar-refractivity contribution is 6.36. The van der Waals surface area contributed by atoms with Gasteiger partial charge < -0.3 is 24.0 Å². The maximum Gasteiger partial charge on any atom is 0.227 e. The summed E-state index contributed by atoms with van der Waals surface area (Å²) in [6, 6.07) is 12.1. The van der Waals surface area contributed by atoms with E-state index in [0.29, 0.717) is 66.1 Å². The van der Waals surface area contributed by atoms with E-state index in [-0.39, 0.29) is 24.6 Å². The highest BCUT2D eigenvalue weighted by Crippen LogP contribution is 2.39. The molecule has 0 bridgehead atoms. The van der Waals surface area contributed by atoms with E-state index < -0.39 is 11.4 Å². The molecule has 1 amide bonds. The van der Waals surface area contributed by atoms with Crippen LogP contribution >= 0.6 is 23.2 Å². The third kappa shape index (κ3) is 5.78. The lowest BCUT2D eigenvalue weighted by Gasteiger charge is -2.41. The van der Waals surface area contributed by atoms with Crippen LogP contribution < -0.4 is 19.3 Å². The van der Waals surface area contributed by atoms with Crippen molar-refractivity contribution < 1.29 is 23.4 Å². The third-order valence-electron chi connectivity index (χ3n) is 7.54. The van der Waals surface area contributed by atoms with Gasteiger partial charge in [-0.25, -0.2) is 9.37 Å². The molecule has 0 spiro atoms. The number of carbonyl (C=O) groups excluding carboxylic acids is 1. The Morgan fingerprint density at radius 1 is 1.05 bits per heavy atom. The summed E-state index contributed by atoms with van der Waals surface area (Å²) in [5.74, 6) is 1.42. The number of halogens is 3. The molecule has 1 fully saturated rings. The zero-order chi connectivity index (χ0) is 27.6. The Labute approximate surface area is 237 Å². The van der Waals surface area contributed by atoms with Crippen LogP contribution in [-0.4, -0.2) is 50.4 Å². The number of hydrogen-bond donors (Lipinski definition) is 0. The number of nitrogens with zero attached hydrogens (tertiary/aromatic N) is 3. The Morgan fingerprint density at radius 2 is 1.79 bits per heavy atom. The SMILES string of the molecule is COc1ccc(CN2C(=O)CCc3c(OCC4(OC)CCN(c5ncc(Cl)cc5Cl)CC4)ccc(F)c32)cc1. The van der Waals surface area contributed by atoms with E-state index >= 15 is 4.39 Å². The molecule has 206 valence electrons. The molecular weight excluding hydrogens is 544 g/mol. The molecule has 1 saturated heterocycles.